The highest BCUT2D eigenvalue weighted by molar-refractivity contribution is 6.12. The number of fused-ring (bicyclic) bond motifs is 1. The molecule has 0 spiro atoms. The Morgan fingerprint density at radius 2 is 1.34 bits per heavy atom. The zero-order chi connectivity index (χ0) is 22.1. The molecule has 2 aliphatic rings. The topological polar surface area (TPSA) is 32.8 Å². The molecular formula is C26H22F2N2O2. The standard InChI is InChI=1S/C26H22F2N2O2/c27-20-9-5-18(6-10-20)25(19-7-11-21(28)12-8-19)30-15-13-29(14-16-30)17-24-26(31)22-3-1-2-4-23(22)32-24/h1-12,17,25H,13-16H2/b24-17-. The Kier molecular flexibility index (Phi) is 5.45. The largest absolute Gasteiger partial charge is 0.451 e. The molecule has 0 unspecified atom stereocenters. The van der Waals surface area contributed by atoms with Crippen molar-refractivity contribution >= 4 is 5.78 Å². The Labute approximate surface area is 185 Å². The Morgan fingerprint density at radius 1 is 0.781 bits per heavy atom. The van der Waals surface area contributed by atoms with Crippen molar-refractivity contribution in [3.63, 3.8) is 0 Å². The maximum atomic E-state index is 13.5. The summed E-state index contributed by atoms with van der Waals surface area (Å²) >= 11 is 0. The molecular weight excluding hydrogens is 410 g/mol. The van der Waals surface area contributed by atoms with Gasteiger partial charge in [-0.25, -0.2) is 8.78 Å². The number of benzene rings is 3. The summed E-state index contributed by atoms with van der Waals surface area (Å²) in [6, 6.07) is 20.0. The van der Waals surface area contributed by atoms with Gasteiger partial charge in [0.05, 0.1) is 11.6 Å². The first kappa shape index (κ1) is 20.4. The fourth-order valence-corrected chi connectivity index (χ4v) is 4.32. The SMILES string of the molecule is O=C1/C(=C/N2CCN(C(c3ccc(F)cc3)c3ccc(F)cc3)CC2)Oc2ccccc21. The molecule has 0 bridgehead atoms. The number of Topliss-reactive ketones (excluding diaryl/α,β-unsaturated/α-hetero) is 1. The molecule has 2 aliphatic heterocycles. The second kappa shape index (κ2) is 8.55. The summed E-state index contributed by atoms with van der Waals surface area (Å²) in [5.41, 5.74) is 2.49. The van der Waals surface area contributed by atoms with Gasteiger partial charge in [0.1, 0.15) is 17.4 Å². The minimum absolute atomic E-state index is 0.0986. The first-order valence-corrected chi connectivity index (χ1v) is 10.6. The number of rotatable bonds is 4. The van der Waals surface area contributed by atoms with Gasteiger partial charge in [0.15, 0.2) is 5.76 Å². The molecule has 1 fully saturated rings. The van der Waals surface area contributed by atoms with E-state index in [1.54, 1.807) is 42.6 Å². The zero-order valence-electron chi connectivity index (χ0n) is 17.4. The van der Waals surface area contributed by atoms with Crippen LogP contribution in [0.15, 0.2) is 84.8 Å². The summed E-state index contributed by atoms with van der Waals surface area (Å²) < 4.78 is 32.8. The van der Waals surface area contributed by atoms with Gasteiger partial charge in [0, 0.05) is 32.4 Å². The van der Waals surface area contributed by atoms with Gasteiger partial charge < -0.3 is 9.64 Å². The van der Waals surface area contributed by atoms with E-state index >= 15 is 0 Å². The van der Waals surface area contributed by atoms with Gasteiger partial charge in [-0.1, -0.05) is 36.4 Å². The van der Waals surface area contributed by atoms with Crippen LogP contribution in [0.1, 0.15) is 27.5 Å². The van der Waals surface area contributed by atoms with Gasteiger partial charge in [0.25, 0.3) is 0 Å². The summed E-state index contributed by atoms with van der Waals surface area (Å²) in [5, 5.41) is 0. The van der Waals surface area contributed by atoms with Crippen LogP contribution >= 0.6 is 0 Å². The summed E-state index contributed by atoms with van der Waals surface area (Å²) in [4.78, 5) is 17.0. The van der Waals surface area contributed by atoms with Crippen molar-refractivity contribution in [3.8, 4) is 5.75 Å². The van der Waals surface area contributed by atoms with Gasteiger partial charge in [-0.05, 0) is 47.5 Å². The van der Waals surface area contributed by atoms with Gasteiger partial charge in [-0.15, -0.1) is 0 Å². The van der Waals surface area contributed by atoms with Crippen LogP contribution in [0, 0.1) is 11.6 Å². The first-order valence-electron chi connectivity index (χ1n) is 10.6. The number of nitrogens with zero attached hydrogens (tertiary/aromatic N) is 2. The molecule has 6 heteroatoms. The lowest BCUT2D eigenvalue weighted by molar-refractivity contribution is 0.1000. The normalized spacial score (nSPS) is 17.7. The predicted octanol–water partition coefficient (Wildman–Crippen LogP) is 4.79. The molecule has 0 atom stereocenters. The zero-order valence-corrected chi connectivity index (χ0v) is 17.4. The van der Waals surface area contributed by atoms with Crippen molar-refractivity contribution in [2.75, 3.05) is 26.2 Å². The van der Waals surface area contributed by atoms with Crippen LogP contribution in [0.25, 0.3) is 0 Å². The molecule has 0 amide bonds. The van der Waals surface area contributed by atoms with Crippen LogP contribution in [0.2, 0.25) is 0 Å². The smallest absolute Gasteiger partial charge is 0.233 e. The second-order valence-electron chi connectivity index (χ2n) is 8.00. The lowest BCUT2D eigenvalue weighted by Gasteiger charge is -2.39. The average Bonchev–Trinajstić information content (AvgIpc) is 3.13. The van der Waals surface area contributed by atoms with E-state index in [9.17, 15) is 13.6 Å². The molecule has 32 heavy (non-hydrogen) atoms. The third-order valence-electron chi connectivity index (χ3n) is 5.96. The summed E-state index contributed by atoms with van der Waals surface area (Å²) in [6.45, 7) is 2.86. The molecule has 5 rings (SSSR count). The van der Waals surface area contributed by atoms with Crippen LogP contribution in [0.5, 0.6) is 5.75 Å². The average molecular weight is 432 g/mol. The van der Waals surface area contributed by atoms with Crippen LogP contribution in [0.3, 0.4) is 0 Å². The van der Waals surface area contributed by atoms with E-state index in [-0.39, 0.29) is 23.5 Å². The van der Waals surface area contributed by atoms with E-state index in [0.29, 0.717) is 30.2 Å². The maximum absolute atomic E-state index is 13.5. The second-order valence-corrected chi connectivity index (χ2v) is 8.00. The van der Waals surface area contributed by atoms with Crippen LogP contribution in [0.4, 0.5) is 8.78 Å². The van der Waals surface area contributed by atoms with Crippen molar-refractivity contribution in [2.24, 2.45) is 0 Å². The van der Waals surface area contributed by atoms with Crippen molar-refractivity contribution < 1.29 is 18.3 Å². The Hall–Kier alpha value is -3.51. The van der Waals surface area contributed by atoms with E-state index in [0.717, 1.165) is 24.2 Å². The number of hydrogen-bond donors (Lipinski definition) is 0. The first-order chi connectivity index (χ1) is 15.6. The number of allylic oxidation sites excluding steroid dienone is 1. The minimum atomic E-state index is -0.287. The van der Waals surface area contributed by atoms with E-state index in [1.165, 1.54) is 24.3 Å². The number of hydrogen-bond acceptors (Lipinski definition) is 4. The van der Waals surface area contributed by atoms with Gasteiger partial charge >= 0.3 is 0 Å². The molecule has 1 saturated heterocycles. The van der Waals surface area contributed by atoms with E-state index in [1.807, 2.05) is 12.1 Å². The molecule has 0 aliphatic carbocycles. The highest BCUT2D eigenvalue weighted by Gasteiger charge is 2.30. The number of para-hydroxylation sites is 1. The third-order valence-corrected chi connectivity index (χ3v) is 5.96. The van der Waals surface area contributed by atoms with E-state index in [4.69, 9.17) is 4.74 Å². The van der Waals surface area contributed by atoms with Gasteiger partial charge in [-0.2, -0.15) is 0 Å². The molecule has 0 N–H and O–H groups in total. The number of ether oxygens (including phenoxy) is 1. The van der Waals surface area contributed by atoms with E-state index < -0.39 is 0 Å². The molecule has 0 aromatic heterocycles. The Morgan fingerprint density at radius 3 is 1.91 bits per heavy atom. The lowest BCUT2D eigenvalue weighted by Crippen LogP contribution is -2.46. The highest BCUT2D eigenvalue weighted by atomic mass is 19.1. The van der Waals surface area contributed by atoms with Crippen LogP contribution in [-0.4, -0.2) is 41.8 Å². The molecule has 0 radical (unpaired) electrons. The van der Waals surface area contributed by atoms with Crippen molar-refractivity contribution in [3.05, 3.63) is 113 Å². The Bertz CT molecular complexity index is 1110. The predicted molar refractivity (Wildman–Crippen MR) is 117 cm³/mol. The van der Waals surface area contributed by atoms with Crippen molar-refractivity contribution in [1.29, 1.82) is 0 Å². The number of carbonyl (C=O) groups is 1. The van der Waals surface area contributed by atoms with Crippen LogP contribution in [-0.2, 0) is 0 Å². The number of carbonyl (C=O) groups excluding carboxylic acids is 1. The molecule has 0 saturated carbocycles. The van der Waals surface area contributed by atoms with Gasteiger partial charge in [-0.3, -0.25) is 9.69 Å². The monoisotopic (exact) mass is 432 g/mol. The third kappa shape index (κ3) is 4.01. The van der Waals surface area contributed by atoms with Gasteiger partial charge in [0.2, 0.25) is 5.78 Å². The maximum Gasteiger partial charge on any atom is 0.233 e. The summed E-state index contributed by atoms with van der Waals surface area (Å²) in [5.74, 6) is 0.262. The quantitative estimate of drug-likeness (QED) is 0.555. The Balaban J connectivity index is 1.33. The van der Waals surface area contributed by atoms with Crippen molar-refractivity contribution in [1.82, 2.24) is 9.80 Å². The molecule has 3 aromatic rings. The fraction of sp³-hybridized carbons (Fsp3) is 0.192. The minimum Gasteiger partial charge on any atom is -0.451 e. The highest BCUT2D eigenvalue weighted by Crippen LogP contribution is 2.32. The molecule has 3 aromatic carbocycles. The number of piperazine rings is 1. The number of halogens is 2. The molecule has 4 nitrogen and oxygen atoms in total. The van der Waals surface area contributed by atoms with Crippen LogP contribution < -0.4 is 4.74 Å². The lowest BCUT2D eigenvalue weighted by atomic mass is 9.96. The van der Waals surface area contributed by atoms with E-state index in [2.05, 4.69) is 9.80 Å². The van der Waals surface area contributed by atoms with Crippen molar-refractivity contribution in [2.45, 2.75) is 6.04 Å². The number of ketones is 1. The summed E-state index contributed by atoms with van der Waals surface area (Å²) in [6.07, 6.45) is 1.80. The molecule has 162 valence electrons. The fourth-order valence-electron chi connectivity index (χ4n) is 4.32. The molecule has 2 heterocycles. The summed E-state index contributed by atoms with van der Waals surface area (Å²) in [7, 11) is 0.